The van der Waals surface area contributed by atoms with Gasteiger partial charge in [-0.05, 0) is 56.3 Å². The van der Waals surface area contributed by atoms with Gasteiger partial charge in [-0.25, -0.2) is 4.98 Å². The Balaban J connectivity index is 1.46. The first-order valence-corrected chi connectivity index (χ1v) is 17.5. The molecule has 4 N–H and O–H groups in total. The Morgan fingerprint density at radius 2 is 1.64 bits per heavy atom. The van der Waals surface area contributed by atoms with Gasteiger partial charge in [0.05, 0.1) is 18.8 Å². The summed E-state index contributed by atoms with van der Waals surface area (Å²) >= 11 is 0. The van der Waals surface area contributed by atoms with Crippen LogP contribution in [-0.4, -0.2) is 87.4 Å². The average molecular weight is 654 g/mol. The summed E-state index contributed by atoms with van der Waals surface area (Å²) in [7, 11) is 0. The molecule has 3 aliphatic rings. The SMILES string of the molecule is CCC[C@H](NC(=O)[C@@H]1[C@@H](C(CC)CC)CCN1C(=O)CNC(=O)[C@@H](NC(=O)c1cnccn1)C1CCCCC1)C(=O)C(=O)NC1CC1. The molecule has 13 nitrogen and oxygen atoms in total. The van der Waals surface area contributed by atoms with Crippen molar-refractivity contribution in [3.05, 3.63) is 24.3 Å². The summed E-state index contributed by atoms with van der Waals surface area (Å²) in [4.78, 5) is 89.2. The van der Waals surface area contributed by atoms with Crippen molar-refractivity contribution in [2.24, 2.45) is 17.8 Å². The summed E-state index contributed by atoms with van der Waals surface area (Å²) in [6.07, 6.45) is 13.5. The number of nitrogens with zero attached hydrogens (tertiary/aromatic N) is 3. The van der Waals surface area contributed by atoms with Gasteiger partial charge in [0.15, 0.2) is 0 Å². The van der Waals surface area contributed by atoms with Crippen LogP contribution in [0.4, 0.5) is 0 Å². The molecule has 0 unspecified atom stereocenters. The van der Waals surface area contributed by atoms with E-state index in [9.17, 15) is 28.8 Å². The largest absolute Gasteiger partial charge is 0.347 e. The van der Waals surface area contributed by atoms with E-state index in [1.807, 2.05) is 6.92 Å². The number of ketones is 1. The molecule has 5 amide bonds. The quantitative estimate of drug-likeness (QED) is 0.196. The number of nitrogens with one attached hydrogen (secondary N) is 4. The topological polar surface area (TPSA) is 180 Å². The third-order valence-electron chi connectivity index (χ3n) is 9.93. The maximum Gasteiger partial charge on any atom is 0.289 e. The number of amides is 5. The Kier molecular flexibility index (Phi) is 13.2. The van der Waals surface area contributed by atoms with E-state index in [0.29, 0.717) is 25.8 Å². The lowest BCUT2D eigenvalue weighted by Crippen LogP contribution is -2.57. The Labute approximate surface area is 277 Å². The van der Waals surface area contributed by atoms with Crippen molar-refractivity contribution in [3.8, 4) is 0 Å². The Hall–Kier alpha value is -3.90. The van der Waals surface area contributed by atoms with Crippen LogP contribution in [0.1, 0.15) is 108 Å². The van der Waals surface area contributed by atoms with E-state index in [1.54, 1.807) is 0 Å². The summed E-state index contributed by atoms with van der Waals surface area (Å²) in [6, 6.07) is -2.66. The maximum absolute atomic E-state index is 13.9. The minimum Gasteiger partial charge on any atom is -0.347 e. The van der Waals surface area contributed by atoms with E-state index < -0.39 is 53.4 Å². The molecular formula is C34H51N7O6. The van der Waals surface area contributed by atoms with E-state index in [0.717, 1.165) is 57.8 Å². The molecule has 0 radical (unpaired) electrons. The Bertz CT molecular complexity index is 1260. The zero-order valence-electron chi connectivity index (χ0n) is 28.0. The molecule has 1 aromatic rings. The lowest BCUT2D eigenvalue weighted by atomic mass is 9.82. The molecule has 0 spiro atoms. The number of likely N-dealkylation sites (tertiary alicyclic amines) is 1. The minimum absolute atomic E-state index is 0.0138. The van der Waals surface area contributed by atoms with Gasteiger partial charge in [-0.2, -0.15) is 0 Å². The van der Waals surface area contributed by atoms with Crippen LogP contribution in [-0.2, 0) is 24.0 Å². The van der Waals surface area contributed by atoms with Gasteiger partial charge in [0, 0.05) is 25.0 Å². The van der Waals surface area contributed by atoms with Crippen LogP contribution in [0.3, 0.4) is 0 Å². The fourth-order valence-electron chi connectivity index (χ4n) is 7.15. The third-order valence-corrected chi connectivity index (χ3v) is 9.93. The highest BCUT2D eigenvalue weighted by molar-refractivity contribution is 6.38. The van der Waals surface area contributed by atoms with Crippen LogP contribution in [0.15, 0.2) is 18.6 Å². The summed E-state index contributed by atoms with van der Waals surface area (Å²) in [5.41, 5.74) is 0.0976. The molecule has 4 atom stereocenters. The molecule has 3 fully saturated rings. The van der Waals surface area contributed by atoms with Gasteiger partial charge in [0.2, 0.25) is 23.5 Å². The van der Waals surface area contributed by atoms with Gasteiger partial charge in [0.1, 0.15) is 17.8 Å². The minimum atomic E-state index is -0.986. The molecule has 1 saturated heterocycles. The summed E-state index contributed by atoms with van der Waals surface area (Å²) in [5, 5.41) is 11.1. The van der Waals surface area contributed by atoms with Crippen molar-refractivity contribution >= 4 is 35.3 Å². The Morgan fingerprint density at radius 3 is 2.26 bits per heavy atom. The number of carbonyl (C=O) groups is 6. The third kappa shape index (κ3) is 9.57. The maximum atomic E-state index is 13.9. The van der Waals surface area contributed by atoms with Crippen LogP contribution < -0.4 is 21.3 Å². The monoisotopic (exact) mass is 653 g/mol. The Morgan fingerprint density at radius 1 is 0.915 bits per heavy atom. The molecule has 2 heterocycles. The molecule has 258 valence electrons. The van der Waals surface area contributed by atoms with Gasteiger partial charge in [-0.1, -0.05) is 59.3 Å². The van der Waals surface area contributed by atoms with Gasteiger partial charge in [-0.3, -0.25) is 33.8 Å². The smallest absolute Gasteiger partial charge is 0.289 e. The first-order valence-electron chi connectivity index (χ1n) is 17.5. The van der Waals surface area contributed by atoms with Crippen LogP contribution in [0.5, 0.6) is 0 Å². The summed E-state index contributed by atoms with van der Waals surface area (Å²) in [6.45, 7) is 5.98. The molecule has 13 heteroatoms. The fraction of sp³-hybridized carbons (Fsp3) is 0.706. The highest BCUT2D eigenvalue weighted by Gasteiger charge is 2.45. The standard InChI is InChI=1S/C34H51N7O6/c1-4-10-25(30(43)34(47)38-23-13-14-23)39-33(46)29-24(21(5-2)6-3)15-18-41(29)27(42)20-37-32(45)28(22-11-8-7-9-12-22)40-31(44)26-19-35-16-17-36-26/h16-17,19,21-25,28-29H,4-15,18,20H2,1-3H3,(H,37,45)(H,38,47)(H,39,46)(H,40,44)/t24-,25+,28+,29+/m1/s1. The number of hydrogen-bond acceptors (Lipinski definition) is 8. The van der Waals surface area contributed by atoms with Gasteiger partial charge in [0.25, 0.3) is 11.8 Å². The lowest BCUT2D eigenvalue weighted by Gasteiger charge is -2.33. The highest BCUT2D eigenvalue weighted by atomic mass is 16.2. The second-order valence-electron chi connectivity index (χ2n) is 13.2. The molecule has 0 aromatic carbocycles. The number of rotatable bonds is 16. The predicted octanol–water partition coefficient (Wildman–Crippen LogP) is 2.06. The van der Waals surface area contributed by atoms with Crippen LogP contribution in [0.25, 0.3) is 0 Å². The predicted molar refractivity (Wildman–Crippen MR) is 174 cm³/mol. The molecule has 47 heavy (non-hydrogen) atoms. The van der Waals surface area contributed by atoms with Crippen molar-refractivity contribution in [1.82, 2.24) is 36.1 Å². The van der Waals surface area contributed by atoms with E-state index in [1.165, 1.54) is 23.5 Å². The first kappa shape index (κ1) is 35.9. The van der Waals surface area contributed by atoms with Crippen LogP contribution >= 0.6 is 0 Å². The second kappa shape index (κ2) is 17.3. The molecule has 1 aromatic heterocycles. The molecule has 0 bridgehead atoms. The second-order valence-corrected chi connectivity index (χ2v) is 13.2. The first-order chi connectivity index (χ1) is 22.7. The van der Waals surface area contributed by atoms with Crippen molar-refractivity contribution < 1.29 is 28.8 Å². The molecule has 2 aliphatic carbocycles. The van der Waals surface area contributed by atoms with E-state index in [-0.39, 0.29) is 36.0 Å². The lowest BCUT2D eigenvalue weighted by molar-refractivity contribution is -0.143. The number of Topliss-reactive ketones (excluding diaryl/α,β-unsaturated/α-hetero) is 1. The van der Waals surface area contributed by atoms with Crippen molar-refractivity contribution in [2.75, 3.05) is 13.1 Å². The average Bonchev–Trinajstić information content (AvgIpc) is 3.80. The van der Waals surface area contributed by atoms with Crippen molar-refractivity contribution in [2.45, 2.75) is 122 Å². The van der Waals surface area contributed by atoms with Crippen LogP contribution in [0, 0.1) is 17.8 Å². The van der Waals surface area contributed by atoms with Gasteiger partial charge < -0.3 is 26.2 Å². The summed E-state index contributed by atoms with van der Waals surface area (Å²) < 4.78 is 0. The molecular weight excluding hydrogens is 602 g/mol. The zero-order chi connectivity index (χ0) is 33.9. The normalized spacial score (nSPS) is 21.1. The number of hydrogen-bond donors (Lipinski definition) is 4. The van der Waals surface area contributed by atoms with Gasteiger partial charge >= 0.3 is 0 Å². The molecule has 2 saturated carbocycles. The van der Waals surface area contributed by atoms with Crippen molar-refractivity contribution in [1.29, 1.82) is 0 Å². The highest BCUT2D eigenvalue weighted by Crippen LogP contribution is 2.35. The van der Waals surface area contributed by atoms with Crippen LogP contribution in [0.2, 0.25) is 0 Å². The molecule has 4 rings (SSSR count). The van der Waals surface area contributed by atoms with Crippen molar-refractivity contribution in [3.63, 3.8) is 0 Å². The molecule has 1 aliphatic heterocycles. The number of aromatic nitrogens is 2. The number of carbonyl (C=O) groups excluding carboxylic acids is 6. The summed E-state index contributed by atoms with van der Waals surface area (Å²) in [5.74, 6) is -3.27. The van der Waals surface area contributed by atoms with E-state index in [4.69, 9.17) is 0 Å². The van der Waals surface area contributed by atoms with E-state index >= 15 is 0 Å². The van der Waals surface area contributed by atoms with E-state index in [2.05, 4.69) is 45.1 Å². The zero-order valence-corrected chi connectivity index (χ0v) is 28.0. The van der Waals surface area contributed by atoms with Gasteiger partial charge in [-0.15, -0.1) is 0 Å². The fourth-order valence-corrected chi connectivity index (χ4v) is 7.15.